The minimum Gasteiger partial charge on any atom is -0.296 e. The van der Waals surface area contributed by atoms with Crippen LogP contribution in [0.2, 0.25) is 0 Å². The van der Waals surface area contributed by atoms with Crippen LogP contribution in [0, 0.1) is 0 Å². The van der Waals surface area contributed by atoms with Gasteiger partial charge in [-0.15, -0.1) is 0 Å². The lowest BCUT2D eigenvalue weighted by Crippen LogP contribution is -2.77. The molecule has 0 fully saturated rings. The van der Waals surface area contributed by atoms with E-state index in [1.807, 2.05) is 0 Å². The zero-order valence-corrected chi connectivity index (χ0v) is 15.2. The molecule has 216 valence electrons. The van der Waals surface area contributed by atoms with Crippen LogP contribution >= 0.6 is 0 Å². The third kappa shape index (κ3) is 3.73. The summed E-state index contributed by atoms with van der Waals surface area (Å²) in [4.78, 5) is 9.66. The monoisotopic (exact) mass is 598 g/mol. The van der Waals surface area contributed by atoms with Gasteiger partial charge in [0.1, 0.15) is 0 Å². The van der Waals surface area contributed by atoms with Crippen molar-refractivity contribution >= 4 is 6.29 Å². The van der Waals surface area contributed by atoms with E-state index in [4.69, 9.17) is 0 Å². The average molecular weight is 598 g/mol. The molecule has 1 nitrogen and oxygen atoms in total. The Morgan fingerprint density at radius 3 is 0.611 bits per heavy atom. The van der Waals surface area contributed by atoms with Gasteiger partial charge in [-0.3, -0.25) is 4.79 Å². The normalized spacial score (nSPS) is 16.9. The van der Waals surface area contributed by atoms with Crippen molar-refractivity contribution in [1.29, 1.82) is 0 Å². The van der Waals surface area contributed by atoms with Crippen molar-refractivity contribution in [2.75, 3.05) is 0 Å². The summed E-state index contributed by atoms with van der Waals surface area (Å²) in [5.74, 6) is -88.6. The van der Waals surface area contributed by atoms with Gasteiger partial charge in [0, 0.05) is 0 Å². The SMILES string of the molecule is O=CC(F)(F)C(F)(F)C(F)(F)C(F)(F)C(F)(F)C(F)(F)C(F)(F)C(F)(F)C(F)(F)C(F)(F)C(F)(F)F. The molecule has 0 spiro atoms. The van der Waals surface area contributed by atoms with Crippen LogP contribution in [0.3, 0.4) is 0 Å². The molecule has 0 heterocycles. The van der Waals surface area contributed by atoms with Crippen LogP contribution in [0.15, 0.2) is 0 Å². The zero-order valence-electron chi connectivity index (χ0n) is 15.2. The third-order valence-electron chi connectivity index (χ3n) is 4.08. The Labute approximate surface area is 179 Å². The summed E-state index contributed by atoms with van der Waals surface area (Å²) in [6.45, 7) is 0. The standard InChI is InChI=1S/C12HF23O/c13-2(14,1-36)3(15,16)4(17,18)5(19,20)6(21,22)7(23,24)8(25,26)9(27,28)10(29,30)11(31,32)12(33,34)35/h1H. The molecule has 0 N–H and O–H groups in total. The molecule has 0 aromatic heterocycles. The van der Waals surface area contributed by atoms with Gasteiger partial charge >= 0.3 is 65.4 Å². The number of alkyl halides is 23. The highest BCUT2D eigenvalue weighted by Crippen LogP contribution is 2.66. The molecule has 0 saturated heterocycles. The van der Waals surface area contributed by atoms with E-state index < -0.39 is 71.7 Å². The number of rotatable bonds is 10. The van der Waals surface area contributed by atoms with Crippen LogP contribution in [0.25, 0.3) is 0 Å². The van der Waals surface area contributed by atoms with Crippen molar-refractivity contribution in [1.82, 2.24) is 0 Å². The second kappa shape index (κ2) is 8.03. The molecule has 0 radical (unpaired) electrons. The number of aldehydes is 1. The first-order valence-corrected chi connectivity index (χ1v) is 7.37. The predicted molar refractivity (Wildman–Crippen MR) is 61.6 cm³/mol. The number of carbonyl (C=O) groups excluding carboxylic acids is 1. The Morgan fingerprint density at radius 1 is 0.278 bits per heavy atom. The van der Waals surface area contributed by atoms with Crippen LogP contribution in [-0.2, 0) is 4.79 Å². The van der Waals surface area contributed by atoms with Gasteiger partial charge in [-0.2, -0.15) is 101 Å². The zero-order chi connectivity index (χ0) is 30.2. The van der Waals surface area contributed by atoms with Gasteiger partial charge < -0.3 is 0 Å². The van der Waals surface area contributed by atoms with E-state index in [2.05, 4.69) is 0 Å². The molecule has 0 aliphatic heterocycles. The van der Waals surface area contributed by atoms with Gasteiger partial charge in [0.25, 0.3) is 0 Å². The van der Waals surface area contributed by atoms with Gasteiger partial charge in [0.2, 0.25) is 0 Å². The number of hydrogen-bond acceptors (Lipinski definition) is 1. The fraction of sp³-hybridized carbons (Fsp3) is 0.917. The van der Waals surface area contributed by atoms with E-state index in [0.717, 1.165) is 0 Å². The Bertz CT molecular complexity index is 831. The third-order valence-corrected chi connectivity index (χ3v) is 4.08. The molecule has 0 aliphatic carbocycles. The minimum atomic E-state index is -9.44. The van der Waals surface area contributed by atoms with E-state index >= 15 is 0 Å². The number of halogens is 23. The van der Waals surface area contributed by atoms with Crippen molar-refractivity contribution in [3.63, 3.8) is 0 Å². The first-order valence-electron chi connectivity index (χ1n) is 7.37. The van der Waals surface area contributed by atoms with E-state index in [9.17, 15) is 106 Å². The van der Waals surface area contributed by atoms with Crippen molar-refractivity contribution in [3.8, 4) is 0 Å². The van der Waals surface area contributed by atoms with Crippen LogP contribution in [0.1, 0.15) is 0 Å². The second-order valence-corrected chi connectivity index (χ2v) is 6.41. The van der Waals surface area contributed by atoms with Crippen molar-refractivity contribution in [3.05, 3.63) is 0 Å². The molecular weight excluding hydrogens is 597 g/mol. The van der Waals surface area contributed by atoms with Crippen molar-refractivity contribution < 1.29 is 106 Å². The molecule has 0 rings (SSSR count). The van der Waals surface area contributed by atoms with Gasteiger partial charge in [-0.1, -0.05) is 0 Å². The summed E-state index contributed by atoms with van der Waals surface area (Å²) in [5.41, 5.74) is 0. The molecule has 0 unspecified atom stereocenters. The first-order chi connectivity index (χ1) is 15.1. The van der Waals surface area contributed by atoms with E-state index in [1.165, 1.54) is 0 Å². The quantitative estimate of drug-likeness (QED) is 0.194. The smallest absolute Gasteiger partial charge is 0.296 e. The van der Waals surface area contributed by atoms with Gasteiger partial charge in [-0.05, 0) is 0 Å². The predicted octanol–water partition coefficient (Wildman–Crippen LogP) is 7.10. The fourth-order valence-corrected chi connectivity index (χ4v) is 1.84. The molecule has 36 heavy (non-hydrogen) atoms. The van der Waals surface area contributed by atoms with Crippen molar-refractivity contribution in [2.45, 2.75) is 65.4 Å². The lowest BCUT2D eigenvalue weighted by molar-refractivity contribution is -0.477. The molecule has 24 heteroatoms. The van der Waals surface area contributed by atoms with Gasteiger partial charge in [0.15, 0.2) is 6.29 Å². The largest absolute Gasteiger partial charge is 0.460 e. The molecule has 0 aliphatic rings. The summed E-state index contributed by atoms with van der Waals surface area (Å²) >= 11 is 0. The maximum Gasteiger partial charge on any atom is 0.460 e. The van der Waals surface area contributed by atoms with E-state index in [-0.39, 0.29) is 0 Å². The molecule has 0 saturated carbocycles. The van der Waals surface area contributed by atoms with Crippen LogP contribution in [0.5, 0.6) is 0 Å². The van der Waals surface area contributed by atoms with Gasteiger partial charge in [-0.25, -0.2) is 0 Å². The topological polar surface area (TPSA) is 17.1 Å². The highest BCUT2D eigenvalue weighted by Gasteiger charge is 2.98. The maximum atomic E-state index is 13.3. The Hall–Kier alpha value is -1.94. The lowest BCUT2D eigenvalue weighted by atomic mass is 9.85. The molecule has 0 atom stereocenters. The molecule has 0 aromatic carbocycles. The molecule has 0 bridgehead atoms. The summed E-state index contributed by atoms with van der Waals surface area (Å²) in [6, 6.07) is 0. The highest BCUT2D eigenvalue weighted by molar-refractivity contribution is 5.62. The molecule has 0 amide bonds. The van der Waals surface area contributed by atoms with Crippen molar-refractivity contribution in [2.24, 2.45) is 0 Å². The van der Waals surface area contributed by atoms with Crippen LogP contribution < -0.4 is 0 Å². The second-order valence-electron chi connectivity index (χ2n) is 6.41. The molecular formula is C12HF23O. The Balaban J connectivity index is 7.20. The maximum absolute atomic E-state index is 13.3. The number of hydrogen-bond donors (Lipinski definition) is 0. The Morgan fingerprint density at radius 2 is 0.444 bits per heavy atom. The lowest BCUT2D eigenvalue weighted by Gasteiger charge is -2.44. The summed E-state index contributed by atoms with van der Waals surface area (Å²) in [6.07, 6.45) is -10.8. The highest BCUT2D eigenvalue weighted by atomic mass is 19.4. The Kier molecular flexibility index (Phi) is 7.60. The van der Waals surface area contributed by atoms with Gasteiger partial charge in [0.05, 0.1) is 0 Å². The molecule has 0 aromatic rings. The fourth-order valence-electron chi connectivity index (χ4n) is 1.84. The van der Waals surface area contributed by atoms with Crippen LogP contribution in [0.4, 0.5) is 101 Å². The summed E-state index contributed by atoms with van der Waals surface area (Å²) in [5, 5.41) is 0. The van der Waals surface area contributed by atoms with Crippen LogP contribution in [-0.4, -0.2) is 71.7 Å². The summed E-state index contributed by atoms with van der Waals surface area (Å²) < 4.78 is 297. The van der Waals surface area contributed by atoms with E-state index in [1.54, 1.807) is 0 Å². The van der Waals surface area contributed by atoms with E-state index in [0.29, 0.717) is 0 Å². The minimum absolute atomic E-state index is 2.71. The first kappa shape index (κ1) is 34.1. The average Bonchev–Trinajstić information content (AvgIpc) is 2.65. The summed E-state index contributed by atoms with van der Waals surface area (Å²) in [7, 11) is 0. The number of carbonyl (C=O) groups is 1.